The van der Waals surface area contributed by atoms with Gasteiger partial charge >= 0.3 is 101 Å². The molecule has 0 aliphatic heterocycles. The molecule has 6 heteroatoms. The van der Waals surface area contributed by atoms with Gasteiger partial charge in [0.1, 0.15) is 11.6 Å². The Bertz CT molecular complexity index is 1380. The fourth-order valence-electron chi connectivity index (χ4n) is 3.89. The molecule has 40 heavy (non-hydrogen) atoms. The van der Waals surface area contributed by atoms with E-state index in [2.05, 4.69) is 72.8 Å². The van der Waals surface area contributed by atoms with Crippen molar-refractivity contribution < 1.29 is 54.9 Å². The molecule has 2 aliphatic rings. The van der Waals surface area contributed by atoms with E-state index in [1.54, 1.807) is 20.9 Å². The summed E-state index contributed by atoms with van der Waals surface area (Å²) in [4.78, 5) is 0. The molecule has 0 radical (unpaired) electrons. The molecule has 0 spiro atoms. The second kappa shape index (κ2) is 18.2. The first-order valence-electron chi connectivity index (χ1n) is 12.4. The molecule has 2 aliphatic carbocycles. The molecule has 0 heterocycles. The van der Waals surface area contributed by atoms with Gasteiger partial charge in [-0.15, -0.1) is 35.4 Å². The van der Waals surface area contributed by atoms with Gasteiger partial charge in [-0.05, 0) is 12.1 Å². The summed E-state index contributed by atoms with van der Waals surface area (Å²) in [5.41, 5.74) is 3.80. The van der Waals surface area contributed by atoms with E-state index in [0.717, 1.165) is 35.1 Å². The van der Waals surface area contributed by atoms with E-state index in [9.17, 15) is 8.78 Å². The molecule has 0 bridgehead atoms. The van der Waals surface area contributed by atoms with Gasteiger partial charge in [0.15, 0.2) is 0 Å². The number of rotatable bonds is 4. The normalized spacial score (nSPS) is 12.4. The summed E-state index contributed by atoms with van der Waals surface area (Å²) >= 11 is 1.33. The van der Waals surface area contributed by atoms with Crippen LogP contribution in [0.3, 0.4) is 0 Å². The van der Waals surface area contributed by atoms with Crippen molar-refractivity contribution in [2.75, 3.05) is 0 Å². The zero-order chi connectivity index (χ0) is 26.6. The quantitative estimate of drug-likeness (QED) is 0.216. The minimum atomic E-state index is -1.06. The van der Waals surface area contributed by atoms with Gasteiger partial charge in [0.2, 0.25) is 0 Å². The summed E-state index contributed by atoms with van der Waals surface area (Å²) < 4.78 is 28.7. The molecule has 4 aromatic carbocycles. The van der Waals surface area contributed by atoms with Crippen LogP contribution in [0, 0.1) is 23.8 Å². The van der Waals surface area contributed by atoms with Crippen LogP contribution in [-0.2, 0) is 21.3 Å². The predicted octanol–water partition coefficient (Wildman–Crippen LogP) is 1.29. The summed E-state index contributed by atoms with van der Waals surface area (Å²) in [6, 6.07) is 35.1. The van der Waals surface area contributed by atoms with Crippen LogP contribution < -0.4 is 33.6 Å². The molecule has 0 amide bonds. The van der Waals surface area contributed by atoms with Crippen LogP contribution in [0.2, 0.25) is 0 Å². The van der Waals surface area contributed by atoms with Gasteiger partial charge in [0.25, 0.3) is 0 Å². The van der Waals surface area contributed by atoms with E-state index in [4.69, 9.17) is 0 Å². The Balaban J connectivity index is 0.000000206. The number of benzene rings is 4. The van der Waals surface area contributed by atoms with Crippen LogP contribution in [0.25, 0.3) is 11.1 Å². The third-order valence-corrected chi connectivity index (χ3v) is 20.4. The van der Waals surface area contributed by atoms with Crippen LogP contribution in [0.5, 0.6) is 0 Å². The van der Waals surface area contributed by atoms with Crippen molar-refractivity contribution in [1.82, 2.24) is 0 Å². The van der Waals surface area contributed by atoms with Gasteiger partial charge in [-0.25, -0.2) is 8.78 Å². The maximum absolute atomic E-state index is 12.8. The monoisotopic (exact) mass is 796 g/mol. The van der Waals surface area contributed by atoms with Crippen LogP contribution in [0.4, 0.5) is 8.78 Å². The molecular weight excluding hydrogens is 768 g/mol. The molecule has 0 unspecified atom stereocenters. The fraction of sp³-hybridized carbons (Fsp3) is 0.0588. The molecule has 4 aromatic rings. The first-order chi connectivity index (χ1) is 18.6. The Hall–Kier alpha value is -2.31. The Kier molecular flexibility index (Phi) is 15.4. The van der Waals surface area contributed by atoms with Gasteiger partial charge < -0.3 is 24.8 Å². The van der Waals surface area contributed by atoms with Crippen LogP contribution in [0.1, 0.15) is 24.0 Å². The van der Waals surface area contributed by atoms with Gasteiger partial charge in [0, 0.05) is 0 Å². The Labute approximate surface area is 264 Å². The summed E-state index contributed by atoms with van der Waals surface area (Å²) in [5.74, 6) is -0.385. The third-order valence-electron chi connectivity index (χ3n) is 5.79. The molecule has 0 saturated heterocycles. The topological polar surface area (TPSA) is 0 Å². The van der Waals surface area contributed by atoms with Gasteiger partial charge in [0.05, 0.1) is 0 Å². The van der Waals surface area contributed by atoms with Crippen molar-refractivity contribution in [3.05, 3.63) is 168 Å². The molecule has 0 aromatic heterocycles. The van der Waals surface area contributed by atoms with Crippen LogP contribution >= 0.6 is 0 Å². The number of hydrogen-bond acceptors (Lipinski definition) is 0. The molecule has 0 N–H and O–H groups in total. The average Bonchev–Trinajstić information content (AvgIpc) is 3.70. The first-order valence-corrected chi connectivity index (χ1v) is 24.8. The van der Waals surface area contributed by atoms with Crippen LogP contribution in [-0.4, -0.2) is 10.1 Å². The summed E-state index contributed by atoms with van der Waals surface area (Å²) in [6.07, 6.45) is 15.9. The SMILES string of the molecule is Fc1cccc(C2=[C-]CC=C2)c1.Fc1cccc(C2=[C-]CC=C2)c1.[Cl-].[Cl-].[Hf+2]=[Ge]([c]1ccccc1)[c]1ccccc1. The predicted molar refractivity (Wildman–Crippen MR) is 152 cm³/mol. The van der Waals surface area contributed by atoms with Crippen molar-refractivity contribution in [2.24, 2.45) is 0 Å². The molecule has 6 rings (SSSR count). The molecule has 0 fully saturated rings. The van der Waals surface area contributed by atoms with E-state index in [-0.39, 0.29) is 36.4 Å². The average molecular weight is 795 g/mol. The Morgan fingerprint density at radius 1 is 0.550 bits per heavy atom. The fourth-order valence-corrected chi connectivity index (χ4v) is 13.0. The van der Waals surface area contributed by atoms with E-state index < -0.39 is 10.1 Å². The van der Waals surface area contributed by atoms with Crippen molar-refractivity contribution in [2.45, 2.75) is 12.8 Å². The second-order valence-corrected chi connectivity index (χ2v) is 21.9. The minimum absolute atomic E-state index is 0. The maximum atomic E-state index is 12.8. The zero-order valence-corrected chi connectivity index (χ0v) is 28.8. The summed E-state index contributed by atoms with van der Waals surface area (Å²) in [6.45, 7) is 0. The molecule has 0 nitrogen and oxygen atoms in total. The third kappa shape index (κ3) is 10.6. The van der Waals surface area contributed by atoms with Gasteiger partial charge in [-0.3, -0.25) is 0 Å². The number of hydrogen-bond donors (Lipinski definition) is 0. The number of allylic oxidation sites excluding steroid dienone is 8. The number of halogens is 4. The van der Waals surface area contributed by atoms with E-state index in [1.807, 2.05) is 36.4 Å². The summed E-state index contributed by atoms with van der Waals surface area (Å²) in [5, 5.41) is 0. The first kappa shape index (κ1) is 33.9. The molecule has 200 valence electrons. The van der Waals surface area contributed by atoms with E-state index in [1.165, 1.54) is 45.5 Å². The van der Waals surface area contributed by atoms with E-state index >= 15 is 0 Å². The summed E-state index contributed by atoms with van der Waals surface area (Å²) in [7, 11) is -1.06. The molecular formula is C34H26Cl2F2GeHf-2. The zero-order valence-electron chi connectivity index (χ0n) is 21.6. The molecule has 0 saturated carbocycles. The Morgan fingerprint density at radius 3 is 1.27 bits per heavy atom. The molecule has 0 atom stereocenters. The van der Waals surface area contributed by atoms with Crippen LogP contribution in [0.15, 0.2) is 133 Å². The Morgan fingerprint density at radius 2 is 0.950 bits per heavy atom. The van der Waals surface area contributed by atoms with Crippen molar-refractivity contribution in [3.63, 3.8) is 0 Å². The second-order valence-electron chi connectivity index (χ2n) is 8.52. The van der Waals surface area contributed by atoms with Crippen molar-refractivity contribution in [1.29, 1.82) is 0 Å². The standard InChI is InChI=1S/C12H10Ge.2C11H8F.2ClH.Hf/c1-3-7-11(8-4-1)13-12-9-5-2-6-10-12;2*12-11-7-3-6-10(8-11)9-4-1-2-5-9;;;/h1-10H;2*1,3-4,6-8H,2H2;2*1H;/q;2*-1;;;+2/p-2. The van der Waals surface area contributed by atoms with Gasteiger partial charge in [-0.2, -0.15) is 35.5 Å². The van der Waals surface area contributed by atoms with Crippen molar-refractivity contribution >= 4 is 30.0 Å². The van der Waals surface area contributed by atoms with E-state index in [0.29, 0.717) is 0 Å². The van der Waals surface area contributed by atoms with Crippen molar-refractivity contribution in [3.8, 4) is 0 Å². The van der Waals surface area contributed by atoms with Gasteiger partial charge in [-0.1, -0.05) is 37.1 Å².